The Morgan fingerprint density at radius 2 is 1.73 bits per heavy atom. The molecule has 1 aliphatic heterocycles. The summed E-state index contributed by atoms with van der Waals surface area (Å²) in [5.41, 5.74) is 2.44. The second kappa shape index (κ2) is 9.28. The Morgan fingerprint density at radius 1 is 1.00 bits per heavy atom. The molecule has 4 rings (SSSR count). The summed E-state index contributed by atoms with van der Waals surface area (Å²) in [5, 5.41) is 8.31. The third-order valence-electron chi connectivity index (χ3n) is 5.89. The maximum Gasteiger partial charge on any atom is 0.256 e. The molecule has 0 radical (unpaired) electrons. The Bertz CT molecular complexity index is 1180. The summed E-state index contributed by atoms with van der Waals surface area (Å²) in [7, 11) is 0. The van der Waals surface area contributed by atoms with E-state index in [0.717, 1.165) is 6.42 Å². The minimum absolute atomic E-state index is 0.0390. The van der Waals surface area contributed by atoms with E-state index in [2.05, 4.69) is 43.3 Å². The minimum Gasteiger partial charge on any atom is -0.457 e. The predicted octanol–water partition coefficient (Wildman–Crippen LogP) is 5.65. The average Bonchev–Trinajstić information content (AvgIpc) is 3.20. The molecule has 2 amide bonds. The molecule has 6 heteroatoms. The summed E-state index contributed by atoms with van der Waals surface area (Å²) in [6.07, 6.45) is 1.08. The monoisotopic (exact) mass is 441 g/mol. The number of hydrogen-bond acceptors (Lipinski definition) is 4. The second-order valence-electron chi connectivity index (χ2n) is 8.61. The van der Waals surface area contributed by atoms with Gasteiger partial charge in [-0.25, -0.2) is 0 Å². The lowest BCUT2D eigenvalue weighted by Gasteiger charge is -2.23. The van der Waals surface area contributed by atoms with Gasteiger partial charge in [0.1, 0.15) is 17.3 Å². The molecule has 0 saturated heterocycles. The van der Waals surface area contributed by atoms with Gasteiger partial charge in [-0.3, -0.25) is 9.59 Å². The number of anilines is 1. The van der Waals surface area contributed by atoms with E-state index >= 15 is 0 Å². The Kier molecular flexibility index (Phi) is 6.27. The number of amides is 2. The molecule has 1 aliphatic rings. The maximum atomic E-state index is 12.8. The van der Waals surface area contributed by atoms with E-state index in [4.69, 9.17) is 4.74 Å². The summed E-state index contributed by atoms with van der Waals surface area (Å²) in [6, 6.07) is 24.1. The van der Waals surface area contributed by atoms with Gasteiger partial charge >= 0.3 is 0 Å². The zero-order chi connectivity index (χ0) is 23.4. The van der Waals surface area contributed by atoms with Gasteiger partial charge in [0, 0.05) is 5.56 Å². The number of hydrogen-bond donors (Lipinski definition) is 1. The summed E-state index contributed by atoms with van der Waals surface area (Å²) < 4.78 is 5.96. The molecule has 168 valence electrons. The molecule has 0 saturated carbocycles. The minimum atomic E-state index is -0.345. The molecule has 6 nitrogen and oxygen atoms in total. The van der Waals surface area contributed by atoms with Crippen LogP contribution in [-0.2, 0) is 10.2 Å². The summed E-state index contributed by atoms with van der Waals surface area (Å²) in [6.45, 7) is 6.60. The van der Waals surface area contributed by atoms with Crippen molar-refractivity contribution in [3.8, 4) is 11.5 Å². The second-order valence-corrected chi connectivity index (χ2v) is 8.61. The van der Waals surface area contributed by atoms with E-state index in [0.29, 0.717) is 28.6 Å². The highest BCUT2D eigenvalue weighted by Gasteiger charge is 2.26. The average molecular weight is 442 g/mol. The molecule has 0 unspecified atom stereocenters. The van der Waals surface area contributed by atoms with Crippen LogP contribution in [0.5, 0.6) is 11.5 Å². The van der Waals surface area contributed by atoms with Gasteiger partial charge in [-0.05, 0) is 59.9 Å². The van der Waals surface area contributed by atoms with Crippen molar-refractivity contribution in [3.05, 3.63) is 90.0 Å². The first-order chi connectivity index (χ1) is 15.9. The highest BCUT2D eigenvalue weighted by Crippen LogP contribution is 2.30. The van der Waals surface area contributed by atoms with Crippen LogP contribution in [0.2, 0.25) is 0 Å². The molecule has 0 fully saturated rings. The smallest absolute Gasteiger partial charge is 0.256 e. The molecule has 1 N–H and O–H groups in total. The first-order valence-corrected chi connectivity index (χ1v) is 11.0. The number of rotatable bonds is 6. The predicted molar refractivity (Wildman–Crippen MR) is 130 cm³/mol. The highest BCUT2D eigenvalue weighted by molar-refractivity contribution is 6.17. The number of benzene rings is 3. The number of hydrazone groups is 1. The van der Waals surface area contributed by atoms with Crippen LogP contribution in [0, 0.1) is 0 Å². The van der Waals surface area contributed by atoms with E-state index in [1.165, 1.54) is 10.6 Å². The number of carbonyl (C=O) groups is 2. The Balaban J connectivity index is 1.43. The van der Waals surface area contributed by atoms with E-state index < -0.39 is 0 Å². The SMILES string of the molecule is CCC(C)(C)c1ccc(Oc2cccc(C(=O)NC3=NN(c4ccccc4)C(=O)C3)c2)cc1. The van der Waals surface area contributed by atoms with Crippen LogP contribution in [0.4, 0.5) is 5.69 Å². The maximum absolute atomic E-state index is 12.8. The molecule has 33 heavy (non-hydrogen) atoms. The van der Waals surface area contributed by atoms with Crippen LogP contribution in [0.3, 0.4) is 0 Å². The number of para-hydroxylation sites is 1. The van der Waals surface area contributed by atoms with Gasteiger partial charge in [-0.2, -0.15) is 10.1 Å². The fourth-order valence-corrected chi connectivity index (χ4v) is 3.49. The summed E-state index contributed by atoms with van der Waals surface area (Å²) in [4.78, 5) is 25.1. The van der Waals surface area contributed by atoms with Crippen molar-refractivity contribution in [3.63, 3.8) is 0 Å². The van der Waals surface area contributed by atoms with Crippen molar-refractivity contribution in [2.45, 2.75) is 39.0 Å². The van der Waals surface area contributed by atoms with Crippen molar-refractivity contribution >= 4 is 23.3 Å². The highest BCUT2D eigenvalue weighted by atomic mass is 16.5. The van der Waals surface area contributed by atoms with Crippen molar-refractivity contribution in [2.75, 3.05) is 5.01 Å². The first-order valence-electron chi connectivity index (χ1n) is 11.0. The van der Waals surface area contributed by atoms with Gasteiger partial charge in [0.05, 0.1) is 12.1 Å². The summed E-state index contributed by atoms with van der Waals surface area (Å²) in [5.74, 6) is 1.03. The zero-order valence-electron chi connectivity index (χ0n) is 19.0. The number of amidine groups is 1. The molecule has 0 spiro atoms. The molecule has 3 aromatic rings. The number of nitrogens with one attached hydrogen (secondary N) is 1. The molecule has 0 aliphatic carbocycles. The van der Waals surface area contributed by atoms with E-state index in [1.807, 2.05) is 30.3 Å². The third kappa shape index (κ3) is 5.12. The van der Waals surface area contributed by atoms with Gasteiger partial charge in [-0.1, -0.05) is 57.2 Å². The normalized spacial score (nSPS) is 13.6. The van der Waals surface area contributed by atoms with Crippen molar-refractivity contribution < 1.29 is 14.3 Å². The molecular weight excluding hydrogens is 414 g/mol. The fraction of sp³-hybridized carbons (Fsp3) is 0.222. The zero-order valence-corrected chi connectivity index (χ0v) is 19.0. The molecule has 1 heterocycles. The van der Waals surface area contributed by atoms with Gasteiger partial charge in [-0.15, -0.1) is 0 Å². The third-order valence-corrected chi connectivity index (χ3v) is 5.89. The van der Waals surface area contributed by atoms with Crippen LogP contribution < -0.4 is 15.1 Å². The molecule has 0 bridgehead atoms. The van der Waals surface area contributed by atoms with Crippen molar-refractivity contribution in [1.82, 2.24) is 5.32 Å². The Morgan fingerprint density at radius 3 is 2.42 bits per heavy atom. The molecule has 3 aromatic carbocycles. The van der Waals surface area contributed by atoms with E-state index in [1.54, 1.807) is 36.4 Å². The van der Waals surface area contributed by atoms with Crippen LogP contribution >= 0.6 is 0 Å². The lowest BCUT2D eigenvalue weighted by molar-refractivity contribution is -0.116. The fourth-order valence-electron chi connectivity index (χ4n) is 3.49. The molecular formula is C27H27N3O3. The lowest BCUT2D eigenvalue weighted by Crippen LogP contribution is -2.29. The van der Waals surface area contributed by atoms with Gasteiger partial charge in [0.15, 0.2) is 0 Å². The largest absolute Gasteiger partial charge is 0.457 e. The van der Waals surface area contributed by atoms with Crippen LogP contribution in [0.15, 0.2) is 84.0 Å². The van der Waals surface area contributed by atoms with Crippen LogP contribution in [0.25, 0.3) is 0 Å². The van der Waals surface area contributed by atoms with E-state index in [-0.39, 0.29) is 23.7 Å². The van der Waals surface area contributed by atoms with Gasteiger partial charge in [0.2, 0.25) is 0 Å². The van der Waals surface area contributed by atoms with E-state index in [9.17, 15) is 9.59 Å². The molecule has 0 aromatic heterocycles. The number of nitrogens with zero attached hydrogens (tertiary/aromatic N) is 2. The molecule has 0 atom stereocenters. The number of carbonyl (C=O) groups excluding carboxylic acids is 2. The van der Waals surface area contributed by atoms with Crippen LogP contribution in [0.1, 0.15) is 49.5 Å². The summed E-state index contributed by atoms with van der Waals surface area (Å²) >= 11 is 0. The first kappa shape index (κ1) is 22.3. The Labute approximate surface area is 193 Å². The standard InChI is InChI=1S/C27H27N3O3/c1-4-27(2,3)20-13-15-22(16-14-20)33-23-12-8-9-19(17-23)26(32)28-24-18-25(31)30(29-24)21-10-6-5-7-11-21/h5-17H,4,18H2,1-3H3,(H,28,29,32). The lowest BCUT2D eigenvalue weighted by atomic mass is 9.82. The van der Waals surface area contributed by atoms with Crippen LogP contribution in [-0.4, -0.2) is 17.6 Å². The van der Waals surface area contributed by atoms with Crippen molar-refractivity contribution in [2.24, 2.45) is 5.10 Å². The quantitative estimate of drug-likeness (QED) is 0.538. The number of ether oxygens (including phenoxy) is 1. The Hall–Kier alpha value is -3.93. The van der Waals surface area contributed by atoms with Gasteiger partial charge < -0.3 is 10.1 Å². The van der Waals surface area contributed by atoms with Gasteiger partial charge in [0.25, 0.3) is 11.8 Å². The van der Waals surface area contributed by atoms with Crippen molar-refractivity contribution in [1.29, 1.82) is 0 Å². The topological polar surface area (TPSA) is 71.0 Å².